The van der Waals surface area contributed by atoms with Crippen molar-refractivity contribution in [2.24, 2.45) is 0 Å². The minimum Gasteiger partial charge on any atom is -0.480 e. The summed E-state index contributed by atoms with van der Waals surface area (Å²) in [7, 11) is 0. The second kappa shape index (κ2) is 6.41. The number of rotatable bonds is 4. The lowest BCUT2D eigenvalue weighted by Crippen LogP contribution is -2.33. The molecule has 1 saturated heterocycles. The van der Waals surface area contributed by atoms with Crippen LogP contribution in [0.25, 0.3) is 6.08 Å². The third kappa shape index (κ3) is 3.71. The van der Waals surface area contributed by atoms with Gasteiger partial charge in [0.2, 0.25) is 0 Å². The number of thioether (sulfide) groups is 1. The summed E-state index contributed by atoms with van der Waals surface area (Å²) < 4.78 is 0.285. The molecule has 1 aromatic carbocycles. The molecule has 2 rings (SSSR count). The van der Waals surface area contributed by atoms with Gasteiger partial charge in [0.15, 0.2) is 0 Å². The molecular formula is C15H15NO3S2. The lowest BCUT2D eigenvalue weighted by molar-refractivity contribution is -0.140. The Kier molecular flexibility index (Phi) is 4.80. The van der Waals surface area contributed by atoms with E-state index in [2.05, 4.69) is 13.8 Å². The molecule has 1 amide bonds. The van der Waals surface area contributed by atoms with Crippen LogP contribution in [0.15, 0.2) is 29.2 Å². The number of hydrogen-bond donors (Lipinski definition) is 1. The maximum Gasteiger partial charge on any atom is 0.323 e. The van der Waals surface area contributed by atoms with Crippen LogP contribution in [-0.4, -0.2) is 32.7 Å². The number of nitrogens with zero attached hydrogens (tertiary/aromatic N) is 1. The molecule has 110 valence electrons. The Hall–Kier alpha value is -1.66. The highest BCUT2D eigenvalue weighted by atomic mass is 32.2. The fourth-order valence-corrected chi connectivity index (χ4v) is 3.16. The standard InChI is InChI=1S/C15H15NO3S2/c1-9(2)11-5-3-10(4-6-11)7-12-14(19)16(8-13(17)18)15(20)21-12/h3-7,9H,8H2,1-2H3,(H,17,18). The minimum absolute atomic E-state index is 0.285. The van der Waals surface area contributed by atoms with Crippen LogP contribution in [0.5, 0.6) is 0 Å². The highest BCUT2D eigenvalue weighted by Gasteiger charge is 2.33. The average Bonchev–Trinajstić information content (AvgIpc) is 2.67. The van der Waals surface area contributed by atoms with Crippen molar-refractivity contribution in [2.45, 2.75) is 19.8 Å². The second-order valence-corrected chi connectivity index (χ2v) is 6.66. The van der Waals surface area contributed by atoms with E-state index in [9.17, 15) is 9.59 Å². The van der Waals surface area contributed by atoms with Crippen LogP contribution in [0.4, 0.5) is 0 Å². The maximum absolute atomic E-state index is 12.1. The molecule has 1 fully saturated rings. The van der Waals surface area contributed by atoms with Crippen molar-refractivity contribution in [3.63, 3.8) is 0 Å². The predicted molar refractivity (Wildman–Crippen MR) is 88.0 cm³/mol. The first kappa shape index (κ1) is 15.7. The molecule has 1 heterocycles. The molecule has 0 bridgehead atoms. The summed E-state index contributed by atoms with van der Waals surface area (Å²) in [5.41, 5.74) is 2.13. The summed E-state index contributed by atoms with van der Waals surface area (Å²) in [6, 6.07) is 7.93. The number of thiocarbonyl (C=S) groups is 1. The highest BCUT2D eigenvalue weighted by Crippen LogP contribution is 2.32. The van der Waals surface area contributed by atoms with E-state index in [0.717, 1.165) is 22.2 Å². The van der Waals surface area contributed by atoms with Crippen molar-refractivity contribution in [1.29, 1.82) is 0 Å². The molecule has 1 N–H and O–H groups in total. The van der Waals surface area contributed by atoms with Crippen LogP contribution in [-0.2, 0) is 9.59 Å². The molecule has 0 saturated carbocycles. The minimum atomic E-state index is -1.08. The Morgan fingerprint density at radius 1 is 1.38 bits per heavy atom. The molecule has 0 unspecified atom stereocenters. The fourth-order valence-electron chi connectivity index (χ4n) is 1.90. The Morgan fingerprint density at radius 2 is 2.00 bits per heavy atom. The molecule has 21 heavy (non-hydrogen) atoms. The van der Waals surface area contributed by atoms with Crippen LogP contribution in [0.3, 0.4) is 0 Å². The van der Waals surface area contributed by atoms with E-state index < -0.39 is 12.5 Å². The summed E-state index contributed by atoms with van der Waals surface area (Å²) in [6.07, 6.45) is 1.74. The van der Waals surface area contributed by atoms with Gasteiger partial charge in [-0.05, 0) is 23.1 Å². The van der Waals surface area contributed by atoms with Crippen LogP contribution >= 0.6 is 24.0 Å². The van der Waals surface area contributed by atoms with Gasteiger partial charge in [-0.3, -0.25) is 14.5 Å². The molecule has 0 spiro atoms. The summed E-state index contributed by atoms with van der Waals surface area (Å²) in [5, 5.41) is 8.79. The zero-order chi connectivity index (χ0) is 15.6. The van der Waals surface area contributed by atoms with E-state index in [4.69, 9.17) is 17.3 Å². The van der Waals surface area contributed by atoms with E-state index in [-0.39, 0.29) is 10.2 Å². The van der Waals surface area contributed by atoms with Gasteiger partial charge < -0.3 is 5.11 Å². The molecule has 1 aliphatic rings. The van der Waals surface area contributed by atoms with E-state index >= 15 is 0 Å². The Labute approximate surface area is 132 Å². The van der Waals surface area contributed by atoms with Crippen molar-refractivity contribution < 1.29 is 14.7 Å². The molecule has 0 aromatic heterocycles. The van der Waals surface area contributed by atoms with Crippen molar-refractivity contribution in [3.05, 3.63) is 40.3 Å². The lowest BCUT2D eigenvalue weighted by atomic mass is 10.0. The van der Waals surface area contributed by atoms with Gasteiger partial charge in [-0.2, -0.15) is 0 Å². The van der Waals surface area contributed by atoms with E-state index in [1.165, 1.54) is 5.56 Å². The fraction of sp³-hybridized carbons (Fsp3) is 0.267. The second-order valence-electron chi connectivity index (χ2n) is 4.98. The molecule has 0 aliphatic carbocycles. The van der Waals surface area contributed by atoms with Crippen LogP contribution < -0.4 is 0 Å². The molecule has 1 aliphatic heterocycles. The number of hydrogen-bond acceptors (Lipinski definition) is 4. The average molecular weight is 321 g/mol. The number of benzene rings is 1. The topological polar surface area (TPSA) is 57.6 Å². The maximum atomic E-state index is 12.1. The zero-order valence-corrected chi connectivity index (χ0v) is 13.3. The summed E-state index contributed by atoms with van der Waals surface area (Å²) >= 11 is 6.18. The lowest BCUT2D eigenvalue weighted by Gasteiger charge is -2.10. The molecule has 6 heteroatoms. The number of carbonyl (C=O) groups excluding carboxylic acids is 1. The first-order valence-corrected chi connectivity index (χ1v) is 7.68. The highest BCUT2D eigenvalue weighted by molar-refractivity contribution is 8.26. The quantitative estimate of drug-likeness (QED) is 0.682. The van der Waals surface area contributed by atoms with E-state index in [0.29, 0.717) is 10.8 Å². The molecular weight excluding hydrogens is 306 g/mol. The van der Waals surface area contributed by atoms with Gasteiger partial charge in [-0.25, -0.2) is 0 Å². The first-order chi connectivity index (χ1) is 9.88. The van der Waals surface area contributed by atoms with Crippen molar-refractivity contribution >= 4 is 46.3 Å². The molecule has 0 radical (unpaired) electrons. The molecule has 1 aromatic rings. The number of carboxylic acids is 1. The Bertz CT molecular complexity index is 620. The Morgan fingerprint density at radius 3 is 2.52 bits per heavy atom. The van der Waals surface area contributed by atoms with Crippen molar-refractivity contribution in [3.8, 4) is 0 Å². The molecule has 4 nitrogen and oxygen atoms in total. The predicted octanol–water partition coefficient (Wildman–Crippen LogP) is 3.10. The number of carboxylic acid groups (broad SMARTS) is 1. The monoisotopic (exact) mass is 321 g/mol. The van der Waals surface area contributed by atoms with Gasteiger partial charge in [0, 0.05) is 0 Å². The van der Waals surface area contributed by atoms with Gasteiger partial charge in [-0.15, -0.1) is 0 Å². The van der Waals surface area contributed by atoms with E-state index in [1.54, 1.807) is 6.08 Å². The third-order valence-electron chi connectivity index (χ3n) is 3.07. The summed E-state index contributed by atoms with van der Waals surface area (Å²) in [4.78, 5) is 24.4. The van der Waals surface area contributed by atoms with Crippen molar-refractivity contribution in [1.82, 2.24) is 4.90 Å². The van der Waals surface area contributed by atoms with Gasteiger partial charge >= 0.3 is 5.97 Å². The van der Waals surface area contributed by atoms with Crippen LogP contribution in [0.2, 0.25) is 0 Å². The normalized spacial score (nSPS) is 17.1. The van der Waals surface area contributed by atoms with E-state index in [1.807, 2.05) is 24.3 Å². The summed E-state index contributed by atoms with van der Waals surface area (Å²) in [5.74, 6) is -0.970. The van der Waals surface area contributed by atoms with Crippen LogP contribution in [0.1, 0.15) is 30.9 Å². The smallest absolute Gasteiger partial charge is 0.323 e. The number of carbonyl (C=O) groups is 2. The first-order valence-electron chi connectivity index (χ1n) is 6.45. The summed E-state index contributed by atoms with van der Waals surface area (Å²) in [6.45, 7) is 3.84. The van der Waals surface area contributed by atoms with Gasteiger partial charge in [-0.1, -0.05) is 62.1 Å². The van der Waals surface area contributed by atoms with Gasteiger partial charge in [0.1, 0.15) is 10.9 Å². The Balaban J connectivity index is 2.20. The number of amides is 1. The molecule has 0 atom stereocenters. The van der Waals surface area contributed by atoms with Gasteiger partial charge in [0.25, 0.3) is 5.91 Å². The van der Waals surface area contributed by atoms with Crippen LogP contribution in [0, 0.1) is 0 Å². The van der Waals surface area contributed by atoms with Crippen molar-refractivity contribution in [2.75, 3.05) is 6.54 Å². The van der Waals surface area contributed by atoms with Gasteiger partial charge in [0.05, 0.1) is 4.91 Å². The zero-order valence-electron chi connectivity index (χ0n) is 11.7. The largest absolute Gasteiger partial charge is 0.480 e. The number of aliphatic carboxylic acids is 1. The SMILES string of the molecule is CC(C)c1ccc(C=C2SC(=S)N(CC(=O)O)C2=O)cc1. The third-order valence-corrected chi connectivity index (χ3v) is 4.45.